The van der Waals surface area contributed by atoms with Gasteiger partial charge in [0.05, 0.1) is 21.5 Å². The summed E-state index contributed by atoms with van der Waals surface area (Å²) in [7, 11) is 8.31. The third kappa shape index (κ3) is 18.8. The lowest BCUT2D eigenvalue weighted by atomic mass is 9.81. The molecular weight excluding hydrogens is 1120 g/mol. The van der Waals surface area contributed by atoms with Crippen LogP contribution in [-0.2, 0) is 33.1 Å². The Kier molecular flexibility index (Phi) is 23.1. The second-order valence-electron chi connectivity index (χ2n) is 24.0. The van der Waals surface area contributed by atoms with Crippen LogP contribution in [0, 0.1) is 34.6 Å². The van der Waals surface area contributed by atoms with E-state index in [-0.39, 0.29) is 5.41 Å². The first-order valence-corrected chi connectivity index (χ1v) is 32.4. The largest absolute Gasteiger partial charge is 0.218 e. The van der Waals surface area contributed by atoms with E-state index in [2.05, 4.69) is 392 Å². The van der Waals surface area contributed by atoms with Crippen molar-refractivity contribution in [2.45, 2.75) is 60.4 Å². The van der Waals surface area contributed by atoms with Crippen LogP contribution in [0.5, 0.6) is 0 Å². The van der Waals surface area contributed by atoms with E-state index >= 15 is 0 Å². The third-order valence-corrected chi connectivity index (χ3v) is 17.4. The Balaban J connectivity index is 0.000000135. The fraction of sp³-hybridized carbons (Fsp3) is 0.165. The van der Waals surface area contributed by atoms with Crippen LogP contribution in [0.25, 0.3) is 64.4 Å². The summed E-state index contributed by atoms with van der Waals surface area (Å²) in [5, 5.41) is 1.28. The Morgan fingerprint density at radius 2 is 0.846 bits per heavy atom. The lowest BCUT2D eigenvalue weighted by Crippen LogP contribution is -2.40. The molecule has 6 heterocycles. The van der Waals surface area contributed by atoms with Crippen molar-refractivity contribution in [2.75, 3.05) is 12.8 Å². The summed E-state index contributed by atoms with van der Waals surface area (Å²) in [5.41, 5.74) is 23.0. The van der Waals surface area contributed by atoms with E-state index in [4.69, 9.17) is 0 Å². The summed E-state index contributed by atoms with van der Waals surface area (Å²) in [6.45, 7) is 16.2. The molecule has 0 aliphatic carbocycles. The average molecular weight is 1210 g/mol. The van der Waals surface area contributed by atoms with Gasteiger partial charge in [0.25, 0.3) is 0 Å². The molecule has 11 aromatic rings. The zero-order valence-corrected chi connectivity index (χ0v) is 55.8. The minimum atomic E-state index is 0.0482. The van der Waals surface area contributed by atoms with Gasteiger partial charge in [-0.25, -0.2) is 13.7 Å². The molecule has 5 nitrogen and oxygen atoms in total. The molecular formula is C85H88N5S+5. The summed E-state index contributed by atoms with van der Waals surface area (Å²) in [5.74, 6) is 1.15. The highest BCUT2D eigenvalue weighted by molar-refractivity contribution is 8.08. The zero-order chi connectivity index (χ0) is 64.1. The molecule has 0 N–H and O–H groups in total. The first-order chi connectivity index (χ1) is 44.1. The maximum Gasteiger partial charge on any atom is 0.218 e. The molecule has 454 valence electrons. The van der Waals surface area contributed by atoms with Crippen molar-refractivity contribution >= 4 is 87.6 Å². The summed E-state index contributed by atoms with van der Waals surface area (Å²) in [6.07, 6.45) is 30.1. The van der Waals surface area contributed by atoms with Crippen LogP contribution < -0.4 is 18.3 Å². The molecule has 2 aliphatic rings. The smallest absolute Gasteiger partial charge is 0.208 e. The van der Waals surface area contributed by atoms with Gasteiger partial charge in [-0.15, -0.1) is 11.8 Å². The molecule has 0 saturated heterocycles. The molecule has 0 atom stereocenters. The van der Waals surface area contributed by atoms with Crippen LogP contribution in [0.4, 0.5) is 5.69 Å². The maximum atomic E-state index is 2.33. The van der Waals surface area contributed by atoms with Crippen molar-refractivity contribution in [3.05, 3.63) is 345 Å². The van der Waals surface area contributed by atoms with Gasteiger partial charge < -0.3 is 0 Å². The van der Waals surface area contributed by atoms with Crippen molar-refractivity contribution in [3.63, 3.8) is 0 Å². The van der Waals surface area contributed by atoms with E-state index in [0.29, 0.717) is 0 Å². The van der Waals surface area contributed by atoms with E-state index in [1.807, 2.05) is 29.4 Å². The molecule has 6 heteroatoms. The molecule has 7 aromatic carbocycles. The van der Waals surface area contributed by atoms with Gasteiger partial charge in [0, 0.05) is 72.3 Å². The highest BCUT2D eigenvalue weighted by Gasteiger charge is 2.42. The van der Waals surface area contributed by atoms with Crippen LogP contribution in [0.1, 0.15) is 97.6 Å². The lowest BCUT2D eigenvalue weighted by molar-refractivity contribution is -0.695. The summed E-state index contributed by atoms with van der Waals surface area (Å²) in [6, 6.07) is 79.1. The number of para-hydroxylation sites is 2. The van der Waals surface area contributed by atoms with Crippen molar-refractivity contribution in [3.8, 4) is 0 Å². The SMILES string of the molecule is Cc1ccc(/C=C/C2=[N+](C)c3ccccc3C2(C)C)cc1.Cc1ccc(/C=C/c2cc[n+](C)c3ccccc23)cc1.Cc1ccc(/C=C/c2cc[n+](C)cc2)cc1.Cc1ccc(/C=C/c2cccc[n+]2C)cc1.Cc1ccc(/C=C2\SCC[n+]3ccccc32)cc1. The number of rotatable bonds is 9. The normalized spacial score (nSPS) is 13.4. The van der Waals surface area contributed by atoms with Gasteiger partial charge in [-0.3, -0.25) is 0 Å². The van der Waals surface area contributed by atoms with E-state index in [9.17, 15) is 0 Å². The number of allylic oxidation sites excluding steroid dienone is 1. The van der Waals surface area contributed by atoms with Crippen molar-refractivity contribution < 1.29 is 22.8 Å². The first kappa shape index (κ1) is 65.6. The number of benzene rings is 7. The second kappa shape index (κ2) is 32.0. The predicted octanol–water partition coefficient (Wildman–Crippen LogP) is 18.4. The summed E-state index contributed by atoms with van der Waals surface area (Å²) in [4.78, 5) is 1.37. The lowest BCUT2D eigenvalue weighted by Gasteiger charge is -2.15. The van der Waals surface area contributed by atoms with Crippen molar-refractivity contribution in [1.29, 1.82) is 0 Å². The molecule has 0 saturated carbocycles. The van der Waals surface area contributed by atoms with Crippen LogP contribution in [0.3, 0.4) is 0 Å². The van der Waals surface area contributed by atoms with Crippen LogP contribution >= 0.6 is 11.8 Å². The fourth-order valence-electron chi connectivity index (χ4n) is 10.8. The molecule has 0 unspecified atom stereocenters. The molecule has 0 amide bonds. The zero-order valence-electron chi connectivity index (χ0n) is 55.0. The number of pyridine rings is 4. The van der Waals surface area contributed by atoms with E-state index < -0.39 is 0 Å². The molecule has 2 aliphatic heterocycles. The molecule has 0 bridgehead atoms. The van der Waals surface area contributed by atoms with Gasteiger partial charge in [0.1, 0.15) is 28.2 Å². The number of aryl methyl sites for hydroxylation is 9. The highest BCUT2D eigenvalue weighted by atomic mass is 32.2. The van der Waals surface area contributed by atoms with E-state index in [1.54, 1.807) is 0 Å². The fourth-order valence-corrected chi connectivity index (χ4v) is 11.8. The quantitative estimate of drug-likeness (QED) is 0.132. The number of nitrogens with zero attached hydrogens (tertiary/aromatic N) is 5. The maximum absolute atomic E-state index is 2.33. The first-order valence-electron chi connectivity index (χ1n) is 31.4. The van der Waals surface area contributed by atoms with E-state index in [1.165, 1.54) is 111 Å². The summed E-state index contributed by atoms with van der Waals surface area (Å²) < 4.78 is 10.9. The van der Waals surface area contributed by atoms with Crippen LogP contribution in [-0.4, -0.2) is 23.1 Å². The van der Waals surface area contributed by atoms with Gasteiger partial charge in [0.2, 0.25) is 22.6 Å². The molecule has 0 radical (unpaired) electrons. The Hall–Kier alpha value is -9.88. The average Bonchev–Trinajstić information content (AvgIpc) is 1.62. The monoisotopic (exact) mass is 1210 g/mol. The molecule has 0 spiro atoms. The minimum Gasteiger partial charge on any atom is -0.208 e. The molecule has 0 fully saturated rings. The number of thioether (sulfide) groups is 1. The summed E-state index contributed by atoms with van der Waals surface area (Å²) >= 11 is 1.95. The van der Waals surface area contributed by atoms with Crippen molar-refractivity contribution in [1.82, 2.24) is 0 Å². The number of hydrogen-bond donors (Lipinski definition) is 0. The Morgan fingerprint density at radius 1 is 0.385 bits per heavy atom. The number of hydrogen-bond acceptors (Lipinski definition) is 1. The molecule has 13 rings (SSSR count). The van der Waals surface area contributed by atoms with Gasteiger partial charge in [0.15, 0.2) is 43.2 Å². The third-order valence-electron chi connectivity index (χ3n) is 16.4. The van der Waals surface area contributed by atoms with Gasteiger partial charge >= 0.3 is 0 Å². The van der Waals surface area contributed by atoms with Crippen LogP contribution in [0.15, 0.2) is 262 Å². The Labute approximate surface area is 546 Å². The molecule has 91 heavy (non-hydrogen) atoms. The van der Waals surface area contributed by atoms with Gasteiger partial charge in [-0.2, -0.15) is 9.14 Å². The van der Waals surface area contributed by atoms with Crippen molar-refractivity contribution in [2.24, 2.45) is 21.1 Å². The Bertz CT molecular complexity index is 4330. The standard InChI is InChI=1S/C20H22N.C19H18N.C16H16NS.2C15H16N/c1-15-9-11-16(12-10-15)13-14-19-20(2,3)17-7-5-6-8-18(17)21(19)4;1-15-7-9-16(10-8-15)11-12-17-13-14-20(2)19-6-4-3-5-18(17)19;1-13-5-7-14(8-6-13)12-16-15-4-2-3-9-17(15)10-11-18-16;1-13-3-5-14(6-4-13)7-8-15-9-11-16(2)12-10-15;1-13-6-8-14(9-7-13)10-11-15-5-3-4-12-16(15)2/h5-14H,1-4H3;3-14H,1-2H3;2-9,12H,10-11H2,1H3;2*3-12H,1-2H3/q5*+1/b14-13+;12-11+;16-12-;8-7+;11-10+. The van der Waals surface area contributed by atoms with E-state index in [0.717, 1.165) is 12.3 Å². The van der Waals surface area contributed by atoms with Gasteiger partial charge in [-0.1, -0.05) is 204 Å². The Morgan fingerprint density at radius 3 is 1.41 bits per heavy atom. The molecule has 4 aromatic heterocycles. The number of aromatic nitrogens is 4. The topological polar surface area (TPSA) is 18.5 Å². The van der Waals surface area contributed by atoms with Gasteiger partial charge in [-0.05, 0) is 124 Å². The van der Waals surface area contributed by atoms with Crippen LogP contribution in [0.2, 0.25) is 0 Å². The number of fused-ring (bicyclic) bond motifs is 3. The minimum absolute atomic E-state index is 0.0482. The predicted molar refractivity (Wildman–Crippen MR) is 389 cm³/mol. The highest BCUT2D eigenvalue weighted by Crippen LogP contribution is 2.39. The second-order valence-corrected chi connectivity index (χ2v) is 25.2.